The Kier molecular flexibility index (Phi) is 4.10. The molecular formula is C22H19N5O. The highest BCUT2D eigenvalue weighted by atomic mass is 16.1. The standard InChI is InChI=1S/C22H19N5O/c28-22(20-12-24-27-10-4-9-23-21(20)27)25-19-8-7-17-14-26(15-18(17)11-19)13-16-5-2-1-3-6-16/h1-12H,13-15H2,(H,25,28). The van der Waals surface area contributed by atoms with E-state index >= 15 is 0 Å². The summed E-state index contributed by atoms with van der Waals surface area (Å²) in [5, 5.41) is 7.16. The zero-order chi connectivity index (χ0) is 18.9. The van der Waals surface area contributed by atoms with Gasteiger partial charge < -0.3 is 5.32 Å². The Bertz CT molecular complexity index is 1150. The zero-order valence-electron chi connectivity index (χ0n) is 15.2. The molecule has 0 aliphatic carbocycles. The van der Waals surface area contributed by atoms with Crippen LogP contribution in [0.15, 0.2) is 73.2 Å². The third-order valence-corrected chi connectivity index (χ3v) is 5.02. The minimum absolute atomic E-state index is 0.201. The molecule has 0 saturated carbocycles. The minimum atomic E-state index is -0.201. The van der Waals surface area contributed by atoms with E-state index in [0.717, 1.165) is 25.3 Å². The topological polar surface area (TPSA) is 62.5 Å². The molecule has 0 spiro atoms. The summed E-state index contributed by atoms with van der Waals surface area (Å²) >= 11 is 0. The van der Waals surface area contributed by atoms with Crippen molar-refractivity contribution in [1.29, 1.82) is 0 Å². The highest BCUT2D eigenvalue weighted by Gasteiger charge is 2.20. The van der Waals surface area contributed by atoms with Gasteiger partial charge in [0.25, 0.3) is 5.91 Å². The molecule has 2 aromatic heterocycles. The molecule has 2 aromatic carbocycles. The smallest absolute Gasteiger partial charge is 0.261 e. The van der Waals surface area contributed by atoms with Gasteiger partial charge in [-0.2, -0.15) is 5.10 Å². The second-order valence-electron chi connectivity index (χ2n) is 7.01. The van der Waals surface area contributed by atoms with Crippen LogP contribution in [-0.2, 0) is 19.6 Å². The maximum absolute atomic E-state index is 12.7. The van der Waals surface area contributed by atoms with Crippen LogP contribution >= 0.6 is 0 Å². The summed E-state index contributed by atoms with van der Waals surface area (Å²) in [6, 6.07) is 18.4. The molecular weight excluding hydrogens is 350 g/mol. The third-order valence-electron chi connectivity index (χ3n) is 5.02. The van der Waals surface area contributed by atoms with E-state index in [1.54, 1.807) is 29.2 Å². The molecule has 138 valence electrons. The van der Waals surface area contributed by atoms with Gasteiger partial charge in [-0.25, -0.2) is 9.50 Å². The highest BCUT2D eigenvalue weighted by Crippen LogP contribution is 2.27. The Balaban J connectivity index is 1.31. The van der Waals surface area contributed by atoms with Crippen molar-refractivity contribution in [2.75, 3.05) is 5.32 Å². The summed E-state index contributed by atoms with van der Waals surface area (Å²) in [6.45, 7) is 2.73. The second-order valence-corrected chi connectivity index (χ2v) is 7.01. The summed E-state index contributed by atoms with van der Waals surface area (Å²) in [7, 11) is 0. The summed E-state index contributed by atoms with van der Waals surface area (Å²) < 4.78 is 1.60. The molecule has 0 atom stereocenters. The van der Waals surface area contributed by atoms with Crippen molar-refractivity contribution in [2.45, 2.75) is 19.6 Å². The molecule has 28 heavy (non-hydrogen) atoms. The quantitative estimate of drug-likeness (QED) is 0.598. The average Bonchev–Trinajstić information content (AvgIpc) is 3.32. The summed E-state index contributed by atoms with van der Waals surface area (Å²) in [6.07, 6.45) is 4.98. The van der Waals surface area contributed by atoms with Gasteiger partial charge in [0.1, 0.15) is 5.56 Å². The molecule has 0 unspecified atom stereocenters. The summed E-state index contributed by atoms with van der Waals surface area (Å²) in [5.74, 6) is -0.201. The first-order chi connectivity index (χ1) is 13.8. The molecule has 1 N–H and O–H groups in total. The van der Waals surface area contributed by atoms with Crippen molar-refractivity contribution < 1.29 is 4.79 Å². The number of hydrogen-bond acceptors (Lipinski definition) is 4. The van der Waals surface area contributed by atoms with E-state index in [1.165, 1.54) is 16.7 Å². The first-order valence-electron chi connectivity index (χ1n) is 9.24. The van der Waals surface area contributed by atoms with Crippen molar-refractivity contribution in [3.05, 3.63) is 95.4 Å². The lowest BCUT2D eigenvalue weighted by atomic mass is 10.1. The Hall–Kier alpha value is -3.51. The molecule has 0 saturated heterocycles. The number of benzene rings is 2. The van der Waals surface area contributed by atoms with Crippen LogP contribution in [-0.4, -0.2) is 25.4 Å². The third kappa shape index (κ3) is 3.14. The van der Waals surface area contributed by atoms with Crippen LogP contribution in [0, 0.1) is 0 Å². The Labute approximate surface area is 162 Å². The average molecular weight is 369 g/mol. The maximum Gasteiger partial charge on any atom is 0.261 e. The van der Waals surface area contributed by atoms with Gasteiger partial charge in [0.05, 0.1) is 6.20 Å². The van der Waals surface area contributed by atoms with Crippen molar-refractivity contribution in [3.8, 4) is 0 Å². The van der Waals surface area contributed by atoms with Gasteiger partial charge in [-0.05, 0) is 34.9 Å². The van der Waals surface area contributed by atoms with E-state index in [-0.39, 0.29) is 5.91 Å². The van der Waals surface area contributed by atoms with Crippen LogP contribution < -0.4 is 5.32 Å². The van der Waals surface area contributed by atoms with Crippen molar-refractivity contribution in [1.82, 2.24) is 19.5 Å². The number of rotatable bonds is 4. The first kappa shape index (κ1) is 16.6. The number of hydrogen-bond donors (Lipinski definition) is 1. The normalized spacial score (nSPS) is 13.6. The van der Waals surface area contributed by atoms with Gasteiger partial charge in [-0.15, -0.1) is 0 Å². The van der Waals surface area contributed by atoms with Gasteiger partial charge in [0.2, 0.25) is 0 Å². The van der Waals surface area contributed by atoms with E-state index in [0.29, 0.717) is 11.2 Å². The van der Waals surface area contributed by atoms with Gasteiger partial charge >= 0.3 is 0 Å². The fraction of sp³-hybridized carbons (Fsp3) is 0.136. The molecule has 3 heterocycles. The van der Waals surface area contributed by atoms with E-state index < -0.39 is 0 Å². The molecule has 1 amide bonds. The number of carbonyl (C=O) groups excluding carboxylic acids is 1. The van der Waals surface area contributed by atoms with E-state index in [9.17, 15) is 4.79 Å². The molecule has 0 fully saturated rings. The summed E-state index contributed by atoms with van der Waals surface area (Å²) in [5.41, 5.74) is 5.69. The van der Waals surface area contributed by atoms with Crippen LogP contribution in [0.1, 0.15) is 27.0 Å². The zero-order valence-corrected chi connectivity index (χ0v) is 15.2. The minimum Gasteiger partial charge on any atom is -0.322 e. The molecule has 1 aliphatic heterocycles. The number of fused-ring (bicyclic) bond motifs is 2. The van der Waals surface area contributed by atoms with Gasteiger partial charge in [0.15, 0.2) is 5.65 Å². The first-order valence-corrected chi connectivity index (χ1v) is 9.24. The van der Waals surface area contributed by atoms with Crippen molar-refractivity contribution in [3.63, 3.8) is 0 Å². The van der Waals surface area contributed by atoms with Crippen LogP contribution in [0.5, 0.6) is 0 Å². The Morgan fingerprint density at radius 2 is 1.89 bits per heavy atom. The van der Waals surface area contributed by atoms with Crippen LogP contribution in [0.2, 0.25) is 0 Å². The van der Waals surface area contributed by atoms with Crippen LogP contribution in [0.4, 0.5) is 5.69 Å². The van der Waals surface area contributed by atoms with E-state index in [1.807, 2.05) is 12.1 Å². The van der Waals surface area contributed by atoms with Crippen molar-refractivity contribution in [2.24, 2.45) is 0 Å². The lowest BCUT2D eigenvalue weighted by molar-refractivity contribution is 0.102. The molecule has 5 rings (SSSR count). The monoisotopic (exact) mass is 369 g/mol. The largest absolute Gasteiger partial charge is 0.322 e. The predicted molar refractivity (Wildman–Crippen MR) is 107 cm³/mol. The number of amides is 1. The number of carbonyl (C=O) groups is 1. The second kappa shape index (κ2) is 6.90. The SMILES string of the molecule is O=C(Nc1ccc2c(c1)CN(Cc1ccccc1)C2)c1cnn2cccnc12. The van der Waals surface area contributed by atoms with E-state index in [4.69, 9.17) is 0 Å². The Morgan fingerprint density at radius 3 is 2.79 bits per heavy atom. The van der Waals surface area contributed by atoms with Crippen LogP contribution in [0.25, 0.3) is 5.65 Å². The fourth-order valence-electron chi connectivity index (χ4n) is 3.68. The van der Waals surface area contributed by atoms with E-state index in [2.05, 4.69) is 56.7 Å². The number of anilines is 1. The van der Waals surface area contributed by atoms with Gasteiger partial charge in [-0.1, -0.05) is 36.4 Å². The molecule has 0 bridgehead atoms. The van der Waals surface area contributed by atoms with Gasteiger partial charge in [0, 0.05) is 37.7 Å². The van der Waals surface area contributed by atoms with Gasteiger partial charge in [-0.3, -0.25) is 9.69 Å². The molecule has 4 aromatic rings. The molecule has 1 aliphatic rings. The maximum atomic E-state index is 12.7. The van der Waals surface area contributed by atoms with Crippen LogP contribution in [0.3, 0.4) is 0 Å². The lowest BCUT2D eigenvalue weighted by Crippen LogP contribution is -2.15. The molecule has 6 nitrogen and oxygen atoms in total. The number of nitrogens with one attached hydrogen (secondary N) is 1. The lowest BCUT2D eigenvalue weighted by Gasteiger charge is -2.14. The molecule has 0 radical (unpaired) electrons. The predicted octanol–water partition coefficient (Wildman–Crippen LogP) is 3.50. The number of aromatic nitrogens is 3. The number of nitrogens with zero attached hydrogens (tertiary/aromatic N) is 4. The van der Waals surface area contributed by atoms with Crippen molar-refractivity contribution >= 4 is 17.2 Å². The fourth-order valence-corrected chi connectivity index (χ4v) is 3.68. The highest BCUT2D eigenvalue weighted by molar-refractivity contribution is 6.08. The summed E-state index contributed by atoms with van der Waals surface area (Å²) in [4.78, 5) is 19.3. The molecule has 6 heteroatoms. The Morgan fingerprint density at radius 1 is 1.04 bits per heavy atom.